The van der Waals surface area contributed by atoms with Gasteiger partial charge in [-0.3, -0.25) is 4.79 Å². The number of rotatable bonds is 6. The number of hydrogen-bond donors (Lipinski definition) is 2. The van der Waals surface area contributed by atoms with Crippen LogP contribution in [0.1, 0.15) is 17.8 Å². The zero-order chi connectivity index (χ0) is 16.9. The van der Waals surface area contributed by atoms with Gasteiger partial charge in [-0.1, -0.05) is 0 Å². The molecule has 2 aromatic heterocycles. The van der Waals surface area contributed by atoms with Gasteiger partial charge in [-0.15, -0.1) is 0 Å². The van der Waals surface area contributed by atoms with E-state index in [0.717, 1.165) is 30.2 Å². The Bertz CT molecular complexity index is 674. The van der Waals surface area contributed by atoms with Crippen molar-refractivity contribution in [2.24, 2.45) is 0 Å². The minimum atomic E-state index is -0.0336. The third-order valence-corrected chi connectivity index (χ3v) is 4.37. The number of anilines is 1. The first kappa shape index (κ1) is 16.4. The Morgan fingerprint density at radius 1 is 1.50 bits per heavy atom. The molecular weight excluding hydrogens is 308 g/mol. The van der Waals surface area contributed by atoms with E-state index in [4.69, 9.17) is 4.74 Å². The molecule has 0 spiro atoms. The number of nitrogens with one attached hydrogen (secondary N) is 2. The van der Waals surface area contributed by atoms with Crippen LogP contribution in [0, 0.1) is 6.92 Å². The first-order chi connectivity index (χ1) is 11.7. The van der Waals surface area contributed by atoms with Crippen LogP contribution in [0.5, 0.6) is 0 Å². The topological polar surface area (TPSA) is 96.0 Å². The summed E-state index contributed by atoms with van der Waals surface area (Å²) in [4.78, 5) is 29.7. The zero-order valence-electron chi connectivity index (χ0n) is 13.9. The molecule has 2 aromatic rings. The Hall–Kier alpha value is -2.48. The first-order valence-electron chi connectivity index (χ1n) is 7.98. The lowest BCUT2D eigenvalue weighted by atomic mass is 10.2. The number of aromatic nitrogens is 4. The van der Waals surface area contributed by atoms with Crippen molar-refractivity contribution in [2.45, 2.75) is 31.9 Å². The standard InChI is InChI=1S/C16H22N6O2/c1-11-14(20-10-19-11)6-16(23)18-7-12-5-13(24-2)8-22(12)15-3-4-17-9-21-15/h3-4,9-10,12-13H,5-8H2,1-2H3,(H,18,23)(H,19,20)/t12-,13-/m1/s1. The molecule has 1 saturated heterocycles. The molecule has 0 saturated carbocycles. The fourth-order valence-corrected chi connectivity index (χ4v) is 2.98. The van der Waals surface area contributed by atoms with Crippen LogP contribution in [-0.2, 0) is 16.0 Å². The summed E-state index contributed by atoms with van der Waals surface area (Å²) >= 11 is 0. The molecule has 1 aliphatic heterocycles. The molecule has 0 aliphatic carbocycles. The Labute approximate surface area is 140 Å². The van der Waals surface area contributed by atoms with Crippen LogP contribution in [0.2, 0.25) is 0 Å². The molecule has 0 radical (unpaired) electrons. The molecule has 0 unspecified atom stereocenters. The maximum atomic E-state index is 12.2. The van der Waals surface area contributed by atoms with Crippen molar-refractivity contribution in [2.75, 3.05) is 25.1 Å². The first-order valence-corrected chi connectivity index (χ1v) is 7.98. The van der Waals surface area contributed by atoms with Crippen molar-refractivity contribution in [3.63, 3.8) is 0 Å². The van der Waals surface area contributed by atoms with Gasteiger partial charge in [0.05, 0.1) is 30.6 Å². The summed E-state index contributed by atoms with van der Waals surface area (Å²) in [5, 5.41) is 3.00. The zero-order valence-corrected chi connectivity index (χ0v) is 13.9. The molecule has 0 bridgehead atoms. The number of H-pyrrole nitrogens is 1. The predicted molar refractivity (Wildman–Crippen MR) is 88.6 cm³/mol. The van der Waals surface area contributed by atoms with E-state index >= 15 is 0 Å². The number of ether oxygens (including phenoxy) is 1. The maximum absolute atomic E-state index is 12.2. The lowest BCUT2D eigenvalue weighted by molar-refractivity contribution is -0.120. The highest BCUT2D eigenvalue weighted by atomic mass is 16.5. The monoisotopic (exact) mass is 330 g/mol. The van der Waals surface area contributed by atoms with Gasteiger partial charge in [0, 0.05) is 32.1 Å². The van der Waals surface area contributed by atoms with Crippen LogP contribution >= 0.6 is 0 Å². The van der Waals surface area contributed by atoms with Crippen LogP contribution in [0.4, 0.5) is 5.82 Å². The predicted octanol–water partition coefficient (Wildman–Crippen LogP) is 0.461. The molecule has 1 fully saturated rings. The molecule has 24 heavy (non-hydrogen) atoms. The van der Waals surface area contributed by atoms with Crippen LogP contribution < -0.4 is 10.2 Å². The lowest BCUT2D eigenvalue weighted by Gasteiger charge is -2.25. The van der Waals surface area contributed by atoms with Crippen LogP contribution in [0.3, 0.4) is 0 Å². The average molecular weight is 330 g/mol. The van der Waals surface area contributed by atoms with Gasteiger partial charge in [0.25, 0.3) is 0 Å². The number of carbonyl (C=O) groups is 1. The van der Waals surface area contributed by atoms with Crippen molar-refractivity contribution in [3.05, 3.63) is 36.3 Å². The Morgan fingerprint density at radius 2 is 2.38 bits per heavy atom. The summed E-state index contributed by atoms with van der Waals surface area (Å²) in [5.74, 6) is 0.820. The van der Waals surface area contributed by atoms with Crippen LogP contribution in [-0.4, -0.2) is 58.2 Å². The fourth-order valence-electron chi connectivity index (χ4n) is 2.98. The molecule has 8 nitrogen and oxygen atoms in total. The second kappa shape index (κ2) is 7.39. The number of aryl methyl sites for hydroxylation is 1. The van der Waals surface area contributed by atoms with E-state index in [1.54, 1.807) is 19.6 Å². The van der Waals surface area contributed by atoms with Crippen molar-refractivity contribution < 1.29 is 9.53 Å². The van der Waals surface area contributed by atoms with E-state index in [9.17, 15) is 4.79 Å². The highest BCUT2D eigenvalue weighted by Gasteiger charge is 2.33. The molecule has 2 N–H and O–H groups in total. The van der Waals surface area contributed by atoms with Gasteiger partial charge >= 0.3 is 0 Å². The van der Waals surface area contributed by atoms with Crippen molar-refractivity contribution in [1.82, 2.24) is 25.3 Å². The minimum Gasteiger partial charge on any atom is -0.380 e. The largest absolute Gasteiger partial charge is 0.380 e. The van der Waals surface area contributed by atoms with Gasteiger partial charge in [0.1, 0.15) is 12.1 Å². The molecule has 2 atom stereocenters. The van der Waals surface area contributed by atoms with E-state index in [0.29, 0.717) is 6.54 Å². The van der Waals surface area contributed by atoms with E-state index in [-0.39, 0.29) is 24.5 Å². The normalized spacial score (nSPS) is 20.3. The number of amides is 1. The summed E-state index contributed by atoms with van der Waals surface area (Å²) < 4.78 is 5.49. The highest BCUT2D eigenvalue weighted by molar-refractivity contribution is 5.78. The number of methoxy groups -OCH3 is 1. The summed E-state index contributed by atoms with van der Waals surface area (Å²) in [6, 6.07) is 2.02. The molecule has 1 aliphatic rings. The third-order valence-electron chi connectivity index (χ3n) is 4.37. The summed E-state index contributed by atoms with van der Waals surface area (Å²) in [6.07, 6.45) is 6.13. The van der Waals surface area contributed by atoms with Crippen molar-refractivity contribution in [1.29, 1.82) is 0 Å². The van der Waals surface area contributed by atoms with Gasteiger partial charge in [0.15, 0.2) is 0 Å². The van der Waals surface area contributed by atoms with Gasteiger partial charge < -0.3 is 19.9 Å². The van der Waals surface area contributed by atoms with Crippen LogP contribution in [0.25, 0.3) is 0 Å². The highest BCUT2D eigenvalue weighted by Crippen LogP contribution is 2.24. The Balaban J connectivity index is 1.60. The summed E-state index contributed by atoms with van der Waals surface area (Å²) in [6.45, 7) is 3.21. The molecular formula is C16H22N6O2. The lowest BCUT2D eigenvalue weighted by Crippen LogP contribution is -2.41. The molecule has 8 heteroatoms. The minimum absolute atomic E-state index is 0.0336. The van der Waals surface area contributed by atoms with Crippen LogP contribution in [0.15, 0.2) is 24.9 Å². The van der Waals surface area contributed by atoms with Crippen molar-refractivity contribution in [3.8, 4) is 0 Å². The van der Waals surface area contributed by atoms with Gasteiger partial charge in [-0.2, -0.15) is 0 Å². The maximum Gasteiger partial charge on any atom is 0.226 e. The fraction of sp³-hybridized carbons (Fsp3) is 0.500. The molecule has 0 aromatic carbocycles. The van der Waals surface area contributed by atoms with E-state index < -0.39 is 0 Å². The summed E-state index contributed by atoms with van der Waals surface area (Å²) in [7, 11) is 1.71. The van der Waals surface area contributed by atoms with E-state index in [1.165, 1.54) is 6.33 Å². The molecule has 1 amide bonds. The molecule has 3 rings (SSSR count). The van der Waals surface area contributed by atoms with Gasteiger partial charge in [-0.25, -0.2) is 15.0 Å². The Kier molecular flexibility index (Phi) is 5.05. The molecule has 3 heterocycles. The number of nitrogens with zero attached hydrogens (tertiary/aromatic N) is 4. The van der Waals surface area contributed by atoms with Gasteiger partial charge in [-0.05, 0) is 19.4 Å². The number of carbonyl (C=O) groups excluding carboxylic acids is 1. The average Bonchev–Trinajstić information content (AvgIpc) is 3.20. The second-order valence-corrected chi connectivity index (χ2v) is 5.92. The van der Waals surface area contributed by atoms with E-state index in [2.05, 4.69) is 30.2 Å². The number of hydrogen-bond acceptors (Lipinski definition) is 6. The van der Waals surface area contributed by atoms with Crippen molar-refractivity contribution >= 4 is 11.7 Å². The molecule has 128 valence electrons. The van der Waals surface area contributed by atoms with E-state index in [1.807, 2.05) is 13.0 Å². The smallest absolute Gasteiger partial charge is 0.226 e. The van der Waals surface area contributed by atoms with Gasteiger partial charge in [0.2, 0.25) is 5.91 Å². The SMILES string of the molecule is CO[C@@H]1C[C@H](CNC(=O)Cc2nc[nH]c2C)N(c2ccncn2)C1. The Morgan fingerprint density at radius 3 is 3.04 bits per heavy atom. The third kappa shape index (κ3) is 3.70. The number of imidazole rings is 1. The quantitative estimate of drug-likeness (QED) is 0.799. The number of aromatic amines is 1. The summed E-state index contributed by atoms with van der Waals surface area (Å²) in [5.41, 5.74) is 1.70. The second-order valence-electron chi connectivity index (χ2n) is 5.92.